The smallest absolute Gasteiger partial charge is 0.145 e. The van der Waals surface area contributed by atoms with Gasteiger partial charge in [-0.05, 0) is 30.7 Å². The van der Waals surface area contributed by atoms with Gasteiger partial charge < -0.3 is 10.6 Å². The van der Waals surface area contributed by atoms with Crippen LogP contribution in [0.2, 0.25) is 5.02 Å². The van der Waals surface area contributed by atoms with Gasteiger partial charge in [0.1, 0.15) is 17.5 Å². The van der Waals surface area contributed by atoms with Crippen molar-refractivity contribution in [2.75, 3.05) is 17.7 Å². The highest BCUT2D eigenvalue weighted by atomic mass is 35.5. The van der Waals surface area contributed by atoms with Crippen molar-refractivity contribution in [3.05, 3.63) is 40.0 Å². The fourth-order valence-corrected chi connectivity index (χ4v) is 2.44. The number of hydrogen-bond acceptors (Lipinski definition) is 4. The maximum absolute atomic E-state index is 9.25. The van der Waals surface area contributed by atoms with Gasteiger partial charge in [0, 0.05) is 31.4 Å². The Morgan fingerprint density at radius 3 is 2.85 bits per heavy atom. The highest BCUT2D eigenvalue weighted by Gasteiger charge is 2.17. The van der Waals surface area contributed by atoms with Crippen LogP contribution in [0.15, 0.2) is 18.2 Å². The molecule has 0 saturated carbocycles. The summed E-state index contributed by atoms with van der Waals surface area (Å²) in [6, 6.07) is 7.58. The van der Waals surface area contributed by atoms with Crippen LogP contribution in [-0.4, -0.2) is 16.8 Å². The van der Waals surface area contributed by atoms with Crippen LogP contribution in [0.1, 0.15) is 16.8 Å². The first kappa shape index (κ1) is 14.2. The minimum atomic E-state index is 0.553. The van der Waals surface area contributed by atoms with E-state index in [1.807, 2.05) is 32.0 Å². The first-order valence-corrected chi connectivity index (χ1v) is 6.50. The van der Waals surface area contributed by atoms with Crippen molar-refractivity contribution in [2.24, 2.45) is 7.05 Å². The second-order valence-electron chi connectivity index (χ2n) is 4.73. The summed E-state index contributed by atoms with van der Waals surface area (Å²) in [5, 5.41) is 14.2. The number of aromatic nitrogens is 2. The van der Waals surface area contributed by atoms with Crippen molar-refractivity contribution in [3.63, 3.8) is 0 Å². The molecule has 2 rings (SSSR count). The van der Waals surface area contributed by atoms with E-state index in [9.17, 15) is 5.26 Å². The summed E-state index contributed by atoms with van der Waals surface area (Å²) >= 11 is 6.18. The van der Waals surface area contributed by atoms with Crippen LogP contribution in [-0.2, 0) is 13.6 Å². The van der Waals surface area contributed by atoms with E-state index in [1.54, 1.807) is 16.8 Å². The van der Waals surface area contributed by atoms with Gasteiger partial charge in [-0.2, -0.15) is 10.4 Å². The van der Waals surface area contributed by atoms with Gasteiger partial charge in [-0.25, -0.2) is 0 Å². The van der Waals surface area contributed by atoms with Crippen molar-refractivity contribution in [1.82, 2.24) is 9.78 Å². The molecule has 5 nitrogen and oxygen atoms in total. The summed E-state index contributed by atoms with van der Waals surface area (Å²) in [6.07, 6.45) is 0. The molecule has 0 radical (unpaired) electrons. The van der Waals surface area contributed by atoms with Crippen molar-refractivity contribution in [1.29, 1.82) is 5.26 Å². The molecule has 1 heterocycles. The lowest BCUT2D eigenvalue weighted by molar-refractivity contribution is 0.726. The number of halogens is 1. The molecule has 0 saturated heterocycles. The largest absolute Gasteiger partial charge is 0.399 e. The average molecular weight is 290 g/mol. The number of nitrogens with two attached hydrogens (primary N) is 1. The summed E-state index contributed by atoms with van der Waals surface area (Å²) in [5.41, 5.74) is 8.66. The Kier molecular flexibility index (Phi) is 3.86. The second-order valence-corrected chi connectivity index (χ2v) is 5.13. The molecule has 0 unspecified atom stereocenters. The Labute approximate surface area is 123 Å². The minimum absolute atomic E-state index is 0.553. The van der Waals surface area contributed by atoms with E-state index >= 15 is 0 Å². The number of nitriles is 1. The first-order chi connectivity index (χ1) is 9.43. The zero-order chi connectivity index (χ0) is 14.9. The molecule has 20 heavy (non-hydrogen) atoms. The molecule has 1 aromatic heterocycles. The minimum Gasteiger partial charge on any atom is -0.399 e. The molecule has 104 valence electrons. The Morgan fingerprint density at radius 2 is 2.20 bits per heavy atom. The Morgan fingerprint density at radius 1 is 1.50 bits per heavy atom. The molecule has 0 aliphatic carbocycles. The van der Waals surface area contributed by atoms with Gasteiger partial charge in [0.05, 0.1) is 5.69 Å². The van der Waals surface area contributed by atoms with Gasteiger partial charge in [-0.15, -0.1) is 0 Å². The molecular formula is C14H16ClN5. The first-order valence-electron chi connectivity index (χ1n) is 6.12. The summed E-state index contributed by atoms with van der Waals surface area (Å²) in [7, 11) is 3.72. The molecule has 0 spiro atoms. The van der Waals surface area contributed by atoms with Crippen LogP contribution in [0.3, 0.4) is 0 Å². The summed E-state index contributed by atoms with van der Waals surface area (Å²) in [4.78, 5) is 1.94. The fourth-order valence-electron chi connectivity index (χ4n) is 2.26. The van der Waals surface area contributed by atoms with Crippen molar-refractivity contribution in [3.8, 4) is 6.07 Å². The predicted octanol–water partition coefficient (Wildman–Crippen LogP) is 2.47. The zero-order valence-electron chi connectivity index (χ0n) is 11.7. The van der Waals surface area contributed by atoms with E-state index in [2.05, 4.69) is 11.2 Å². The van der Waals surface area contributed by atoms with Crippen LogP contribution in [0.25, 0.3) is 0 Å². The van der Waals surface area contributed by atoms with Crippen molar-refractivity contribution < 1.29 is 0 Å². The molecule has 6 heteroatoms. The molecule has 0 fully saturated rings. The lowest BCUT2D eigenvalue weighted by Crippen LogP contribution is -2.20. The SMILES string of the molecule is Cc1nn(C)c(N(C)Cc2cc(N)ccc2Cl)c1C#N. The zero-order valence-corrected chi connectivity index (χ0v) is 12.4. The van der Waals surface area contributed by atoms with Crippen molar-refractivity contribution >= 4 is 23.1 Å². The highest BCUT2D eigenvalue weighted by Crippen LogP contribution is 2.26. The maximum atomic E-state index is 9.25. The molecule has 2 N–H and O–H groups in total. The molecule has 1 aromatic carbocycles. The Bertz CT molecular complexity index is 684. The average Bonchev–Trinajstić information content (AvgIpc) is 2.68. The molecule has 2 aromatic rings. The molecule has 0 atom stereocenters. The molecule has 0 aliphatic rings. The van der Waals surface area contributed by atoms with E-state index in [1.165, 1.54) is 0 Å². The van der Waals surface area contributed by atoms with Gasteiger partial charge in [0.2, 0.25) is 0 Å². The number of nitrogen functional groups attached to an aromatic ring is 1. The quantitative estimate of drug-likeness (QED) is 0.881. The van der Waals surface area contributed by atoms with E-state index in [4.69, 9.17) is 17.3 Å². The molecule has 0 aliphatic heterocycles. The number of rotatable bonds is 3. The summed E-state index contributed by atoms with van der Waals surface area (Å²) in [5.74, 6) is 0.767. The van der Waals surface area contributed by atoms with Crippen LogP contribution < -0.4 is 10.6 Å². The van der Waals surface area contributed by atoms with Gasteiger partial charge >= 0.3 is 0 Å². The van der Waals surface area contributed by atoms with E-state index < -0.39 is 0 Å². The standard InChI is InChI=1S/C14H16ClN5/c1-9-12(7-16)14(20(3)18-9)19(2)8-10-6-11(17)4-5-13(10)15/h4-6H,8,17H2,1-3H3. The van der Waals surface area contributed by atoms with Crippen LogP contribution in [0, 0.1) is 18.3 Å². The van der Waals surface area contributed by atoms with E-state index in [0.717, 1.165) is 17.1 Å². The topological polar surface area (TPSA) is 70.9 Å². The Hall–Kier alpha value is -2.19. The van der Waals surface area contributed by atoms with Crippen molar-refractivity contribution in [2.45, 2.75) is 13.5 Å². The van der Waals surface area contributed by atoms with E-state index in [0.29, 0.717) is 22.8 Å². The predicted molar refractivity (Wildman–Crippen MR) is 80.6 cm³/mol. The summed E-state index contributed by atoms with van der Waals surface area (Å²) < 4.78 is 1.70. The number of aryl methyl sites for hydroxylation is 2. The second kappa shape index (κ2) is 5.43. The molecule has 0 bridgehead atoms. The van der Waals surface area contributed by atoms with Crippen LogP contribution in [0.4, 0.5) is 11.5 Å². The normalized spacial score (nSPS) is 10.3. The molecular weight excluding hydrogens is 274 g/mol. The lowest BCUT2D eigenvalue weighted by Gasteiger charge is -2.20. The number of anilines is 2. The third kappa shape index (κ3) is 2.56. The van der Waals surface area contributed by atoms with Gasteiger partial charge in [-0.3, -0.25) is 4.68 Å². The summed E-state index contributed by atoms with van der Waals surface area (Å²) in [6.45, 7) is 2.38. The monoisotopic (exact) mass is 289 g/mol. The van der Waals surface area contributed by atoms with Gasteiger partial charge in [-0.1, -0.05) is 11.6 Å². The lowest BCUT2D eigenvalue weighted by atomic mass is 10.2. The van der Waals surface area contributed by atoms with Crippen LogP contribution >= 0.6 is 11.6 Å². The molecule has 0 amide bonds. The number of nitrogens with zero attached hydrogens (tertiary/aromatic N) is 4. The fraction of sp³-hybridized carbons (Fsp3) is 0.286. The van der Waals surface area contributed by atoms with Crippen LogP contribution in [0.5, 0.6) is 0 Å². The van der Waals surface area contributed by atoms with Gasteiger partial charge in [0.15, 0.2) is 0 Å². The third-order valence-electron chi connectivity index (χ3n) is 3.14. The van der Waals surface area contributed by atoms with Gasteiger partial charge in [0.25, 0.3) is 0 Å². The van der Waals surface area contributed by atoms with E-state index in [-0.39, 0.29) is 0 Å². The maximum Gasteiger partial charge on any atom is 0.145 e. The number of benzene rings is 1. The third-order valence-corrected chi connectivity index (χ3v) is 3.51. The number of hydrogen-bond donors (Lipinski definition) is 1. The highest BCUT2D eigenvalue weighted by molar-refractivity contribution is 6.31. The Balaban J connectivity index is 2.36.